The predicted octanol–water partition coefficient (Wildman–Crippen LogP) is 4.98. The third-order valence-corrected chi connectivity index (χ3v) is 5.35. The van der Waals surface area contributed by atoms with Gasteiger partial charge in [0.1, 0.15) is 5.82 Å². The highest BCUT2D eigenvalue weighted by Crippen LogP contribution is 2.24. The van der Waals surface area contributed by atoms with Gasteiger partial charge in [-0.25, -0.2) is 0 Å². The van der Waals surface area contributed by atoms with E-state index >= 15 is 0 Å². The smallest absolute Gasteiger partial charge is 0.195 e. The zero-order chi connectivity index (χ0) is 18.4. The second-order valence-electron chi connectivity index (χ2n) is 6.82. The van der Waals surface area contributed by atoms with E-state index in [-0.39, 0.29) is 0 Å². The van der Waals surface area contributed by atoms with Gasteiger partial charge in [0.25, 0.3) is 0 Å². The maximum Gasteiger partial charge on any atom is 0.195 e. The maximum absolute atomic E-state index is 4.47. The largest absolute Gasteiger partial charge is 0.385 e. The predicted molar refractivity (Wildman–Crippen MR) is 110 cm³/mol. The summed E-state index contributed by atoms with van der Waals surface area (Å²) in [5, 5.41) is 13.4. The Morgan fingerprint density at radius 2 is 1.73 bits per heavy atom. The zero-order valence-corrected chi connectivity index (χ0v) is 16.5. The minimum absolute atomic E-state index is 0.618. The standard InChI is InChI=1S/C21H26N4S/c1-16(2)15-26-21-24-23-20(25(21)19-7-5-4-6-8-19)13-14-22-18-11-9-17(3)10-12-18/h4-12,16,22H,13-15H2,1-3H3. The lowest BCUT2D eigenvalue weighted by molar-refractivity contribution is 0.744. The molecule has 0 atom stereocenters. The molecule has 0 bridgehead atoms. The Morgan fingerprint density at radius 3 is 2.42 bits per heavy atom. The molecule has 3 rings (SSSR count). The number of hydrogen-bond donors (Lipinski definition) is 1. The quantitative estimate of drug-likeness (QED) is 0.571. The van der Waals surface area contributed by atoms with Gasteiger partial charge in [0.15, 0.2) is 5.16 Å². The first-order valence-electron chi connectivity index (χ1n) is 9.06. The summed E-state index contributed by atoms with van der Waals surface area (Å²) in [7, 11) is 0. The number of nitrogens with zero attached hydrogens (tertiary/aromatic N) is 3. The van der Waals surface area contributed by atoms with Crippen LogP contribution in [0.25, 0.3) is 5.69 Å². The van der Waals surface area contributed by atoms with Crippen LogP contribution in [-0.2, 0) is 6.42 Å². The summed E-state index contributed by atoms with van der Waals surface area (Å²) in [4.78, 5) is 0. The van der Waals surface area contributed by atoms with Crippen molar-refractivity contribution in [3.8, 4) is 5.69 Å². The molecular formula is C21H26N4S. The van der Waals surface area contributed by atoms with Crippen molar-refractivity contribution in [1.82, 2.24) is 14.8 Å². The van der Waals surface area contributed by atoms with Gasteiger partial charge in [0.2, 0.25) is 0 Å². The summed E-state index contributed by atoms with van der Waals surface area (Å²) in [5.41, 5.74) is 3.52. The van der Waals surface area contributed by atoms with E-state index in [9.17, 15) is 0 Å². The van der Waals surface area contributed by atoms with Gasteiger partial charge >= 0.3 is 0 Å². The SMILES string of the molecule is Cc1ccc(NCCc2nnc(SCC(C)C)n2-c2ccccc2)cc1. The number of aromatic nitrogens is 3. The summed E-state index contributed by atoms with van der Waals surface area (Å²) in [6.07, 6.45) is 0.817. The first kappa shape index (κ1) is 18.5. The van der Waals surface area contributed by atoms with Crippen LogP contribution in [0.2, 0.25) is 0 Å². The molecule has 1 heterocycles. The van der Waals surface area contributed by atoms with Gasteiger partial charge in [0, 0.05) is 30.1 Å². The van der Waals surface area contributed by atoms with Crippen molar-refractivity contribution < 1.29 is 0 Å². The molecule has 0 spiro atoms. The highest BCUT2D eigenvalue weighted by Gasteiger charge is 2.14. The molecule has 0 aliphatic heterocycles. The molecule has 1 N–H and O–H groups in total. The Labute approximate surface area is 160 Å². The van der Waals surface area contributed by atoms with Crippen LogP contribution < -0.4 is 5.32 Å². The minimum Gasteiger partial charge on any atom is -0.385 e. The van der Waals surface area contributed by atoms with E-state index in [1.807, 2.05) is 6.07 Å². The third-order valence-electron chi connectivity index (χ3n) is 3.99. The van der Waals surface area contributed by atoms with Crippen LogP contribution in [0, 0.1) is 12.8 Å². The molecule has 2 aromatic carbocycles. The molecule has 0 unspecified atom stereocenters. The summed E-state index contributed by atoms with van der Waals surface area (Å²) in [6, 6.07) is 18.8. The van der Waals surface area contributed by atoms with E-state index < -0.39 is 0 Å². The topological polar surface area (TPSA) is 42.7 Å². The zero-order valence-electron chi connectivity index (χ0n) is 15.6. The van der Waals surface area contributed by atoms with E-state index in [0.717, 1.165) is 41.1 Å². The van der Waals surface area contributed by atoms with Crippen molar-refractivity contribution in [2.24, 2.45) is 5.92 Å². The normalized spacial score (nSPS) is 11.1. The van der Waals surface area contributed by atoms with Crippen molar-refractivity contribution in [2.75, 3.05) is 17.6 Å². The number of rotatable bonds is 8. The van der Waals surface area contributed by atoms with Crippen molar-refractivity contribution in [1.29, 1.82) is 0 Å². The van der Waals surface area contributed by atoms with E-state index in [1.54, 1.807) is 11.8 Å². The lowest BCUT2D eigenvalue weighted by Gasteiger charge is -2.11. The van der Waals surface area contributed by atoms with Crippen LogP contribution in [0.1, 0.15) is 25.2 Å². The maximum atomic E-state index is 4.47. The number of benzene rings is 2. The average Bonchev–Trinajstić information content (AvgIpc) is 3.05. The Bertz CT molecular complexity index is 810. The number of nitrogens with one attached hydrogen (secondary N) is 1. The first-order valence-corrected chi connectivity index (χ1v) is 10.0. The summed E-state index contributed by atoms with van der Waals surface area (Å²) in [5.74, 6) is 2.64. The molecule has 0 aliphatic carbocycles. The molecule has 0 saturated heterocycles. The molecule has 0 radical (unpaired) electrons. The van der Waals surface area contributed by atoms with Gasteiger partial charge in [-0.15, -0.1) is 10.2 Å². The van der Waals surface area contributed by atoms with Gasteiger partial charge in [-0.3, -0.25) is 4.57 Å². The van der Waals surface area contributed by atoms with Crippen LogP contribution in [0.5, 0.6) is 0 Å². The average molecular weight is 367 g/mol. The molecule has 0 fully saturated rings. The van der Waals surface area contributed by atoms with E-state index in [0.29, 0.717) is 5.92 Å². The van der Waals surface area contributed by atoms with Crippen LogP contribution in [0.15, 0.2) is 59.8 Å². The number of hydrogen-bond acceptors (Lipinski definition) is 4. The Kier molecular flexibility index (Phi) is 6.34. The summed E-state index contributed by atoms with van der Waals surface area (Å²) < 4.78 is 2.18. The van der Waals surface area contributed by atoms with Crippen molar-refractivity contribution in [3.63, 3.8) is 0 Å². The van der Waals surface area contributed by atoms with Crippen LogP contribution in [0.4, 0.5) is 5.69 Å². The van der Waals surface area contributed by atoms with Gasteiger partial charge in [-0.1, -0.05) is 61.5 Å². The fraction of sp³-hybridized carbons (Fsp3) is 0.333. The molecule has 0 aliphatic rings. The summed E-state index contributed by atoms with van der Waals surface area (Å²) >= 11 is 1.77. The van der Waals surface area contributed by atoms with Gasteiger partial charge in [0.05, 0.1) is 0 Å². The van der Waals surface area contributed by atoms with E-state index in [2.05, 4.69) is 89.4 Å². The van der Waals surface area contributed by atoms with Gasteiger partial charge in [-0.05, 0) is 37.1 Å². The lowest BCUT2D eigenvalue weighted by atomic mass is 10.2. The Hall–Kier alpha value is -2.27. The molecular weight excluding hydrogens is 340 g/mol. The molecule has 0 saturated carbocycles. The molecule has 136 valence electrons. The van der Waals surface area contributed by atoms with Gasteiger partial charge in [-0.2, -0.15) is 0 Å². The minimum atomic E-state index is 0.618. The number of aryl methyl sites for hydroxylation is 1. The molecule has 1 aromatic heterocycles. The number of para-hydroxylation sites is 1. The lowest BCUT2D eigenvalue weighted by Crippen LogP contribution is -2.10. The second kappa shape index (κ2) is 8.90. The van der Waals surface area contributed by atoms with Crippen molar-refractivity contribution >= 4 is 17.4 Å². The molecule has 26 heavy (non-hydrogen) atoms. The molecule has 5 heteroatoms. The third kappa shape index (κ3) is 4.88. The van der Waals surface area contributed by atoms with E-state index in [4.69, 9.17) is 0 Å². The molecule has 3 aromatic rings. The van der Waals surface area contributed by atoms with E-state index in [1.165, 1.54) is 5.56 Å². The fourth-order valence-electron chi connectivity index (χ4n) is 2.62. The highest BCUT2D eigenvalue weighted by molar-refractivity contribution is 7.99. The highest BCUT2D eigenvalue weighted by atomic mass is 32.2. The Balaban J connectivity index is 1.74. The summed E-state index contributed by atoms with van der Waals surface area (Å²) in [6.45, 7) is 7.37. The van der Waals surface area contributed by atoms with Crippen LogP contribution in [0.3, 0.4) is 0 Å². The van der Waals surface area contributed by atoms with Crippen molar-refractivity contribution in [3.05, 3.63) is 66.0 Å². The second-order valence-corrected chi connectivity index (χ2v) is 7.80. The van der Waals surface area contributed by atoms with Crippen LogP contribution in [-0.4, -0.2) is 27.1 Å². The van der Waals surface area contributed by atoms with Crippen LogP contribution >= 0.6 is 11.8 Å². The fourth-order valence-corrected chi connectivity index (χ4v) is 3.54. The monoisotopic (exact) mass is 366 g/mol. The van der Waals surface area contributed by atoms with Crippen molar-refractivity contribution in [2.45, 2.75) is 32.3 Å². The number of anilines is 1. The van der Waals surface area contributed by atoms with Gasteiger partial charge < -0.3 is 5.32 Å². The Morgan fingerprint density at radius 1 is 1.00 bits per heavy atom. The first-order chi connectivity index (χ1) is 12.6. The number of thioether (sulfide) groups is 1. The molecule has 0 amide bonds. The molecule has 4 nitrogen and oxygen atoms in total.